The first kappa shape index (κ1) is 14.2. The fraction of sp³-hybridized carbons (Fsp3) is 0.615. The third-order valence-corrected chi connectivity index (χ3v) is 6.26. The molecule has 0 aromatic carbocycles. The SMILES string of the molecule is CSC1NC(Br)=CN1c1csc(N2[C@@H]3CC[C@H]2COC3)n1. The van der Waals surface area contributed by atoms with Gasteiger partial charge in [-0.05, 0) is 35.0 Å². The third-order valence-electron chi connectivity index (χ3n) is 4.20. The van der Waals surface area contributed by atoms with Crippen LogP contribution in [0.25, 0.3) is 0 Å². The predicted molar refractivity (Wildman–Crippen MR) is 92.1 cm³/mol. The van der Waals surface area contributed by atoms with Crippen LogP contribution in [-0.2, 0) is 4.74 Å². The first-order chi connectivity index (χ1) is 10.3. The maximum absolute atomic E-state index is 5.66. The fourth-order valence-corrected chi connectivity index (χ4v) is 5.39. The zero-order valence-corrected chi connectivity index (χ0v) is 14.9. The summed E-state index contributed by atoms with van der Waals surface area (Å²) in [4.78, 5) is 9.54. The molecule has 3 atom stereocenters. The molecule has 3 aliphatic rings. The van der Waals surface area contributed by atoms with Crippen molar-refractivity contribution in [2.75, 3.05) is 29.3 Å². The molecule has 8 heteroatoms. The van der Waals surface area contributed by atoms with Crippen LogP contribution in [0.1, 0.15) is 12.8 Å². The molecule has 4 heterocycles. The van der Waals surface area contributed by atoms with E-state index >= 15 is 0 Å². The Morgan fingerprint density at radius 3 is 2.90 bits per heavy atom. The summed E-state index contributed by atoms with van der Waals surface area (Å²) in [6, 6.07) is 1.02. The number of aromatic nitrogens is 1. The normalized spacial score (nSPS) is 31.5. The minimum atomic E-state index is 0.204. The first-order valence-corrected chi connectivity index (χ1v) is 9.99. The number of nitrogens with one attached hydrogen (secondary N) is 1. The standard InChI is InChI=1S/C13H17BrN4OS2/c1-20-12-15-10(14)4-17(12)11-7-21-13(16-11)18-8-2-3-9(18)6-19-5-8/h4,7-9,12,15H,2-3,5-6H2,1H3/t8-,9+,12?. The number of nitrogens with zero attached hydrogens (tertiary/aromatic N) is 3. The van der Waals surface area contributed by atoms with E-state index in [0.29, 0.717) is 12.1 Å². The van der Waals surface area contributed by atoms with E-state index in [-0.39, 0.29) is 5.50 Å². The van der Waals surface area contributed by atoms with Crippen LogP contribution in [0.4, 0.5) is 10.9 Å². The van der Waals surface area contributed by atoms with Gasteiger partial charge < -0.3 is 15.0 Å². The highest BCUT2D eigenvalue weighted by atomic mass is 79.9. The molecule has 0 aliphatic carbocycles. The van der Waals surface area contributed by atoms with Crippen LogP contribution in [0.3, 0.4) is 0 Å². The van der Waals surface area contributed by atoms with Gasteiger partial charge in [-0.2, -0.15) is 0 Å². The molecule has 0 amide bonds. The van der Waals surface area contributed by atoms with Crippen molar-refractivity contribution in [3.63, 3.8) is 0 Å². The van der Waals surface area contributed by atoms with Crippen molar-refractivity contribution in [2.24, 2.45) is 0 Å². The topological polar surface area (TPSA) is 40.6 Å². The van der Waals surface area contributed by atoms with Crippen LogP contribution in [-0.4, -0.2) is 42.0 Å². The van der Waals surface area contributed by atoms with Gasteiger partial charge in [0.05, 0.1) is 29.9 Å². The van der Waals surface area contributed by atoms with Crippen LogP contribution < -0.4 is 15.1 Å². The lowest BCUT2D eigenvalue weighted by molar-refractivity contribution is 0.0906. The van der Waals surface area contributed by atoms with Crippen molar-refractivity contribution in [2.45, 2.75) is 30.4 Å². The summed E-state index contributed by atoms with van der Waals surface area (Å²) in [5, 5.41) is 6.65. The van der Waals surface area contributed by atoms with E-state index in [1.54, 1.807) is 23.1 Å². The minimum absolute atomic E-state index is 0.204. The van der Waals surface area contributed by atoms with Gasteiger partial charge in [0.25, 0.3) is 0 Å². The molecule has 0 saturated carbocycles. The van der Waals surface area contributed by atoms with Gasteiger partial charge in [0.2, 0.25) is 0 Å². The molecule has 2 fully saturated rings. The Balaban J connectivity index is 1.59. The Labute approximate surface area is 140 Å². The Kier molecular flexibility index (Phi) is 3.81. The van der Waals surface area contributed by atoms with Gasteiger partial charge in [-0.25, -0.2) is 4.98 Å². The molecule has 2 saturated heterocycles. The van der Waals surface area contributed by atoms with E-state index in [1.807, 2.05) is 0 Å². The number of hydrogen-bond donors (Lipinski definition) is 1. The molecule has 1 aromatic rings. The summed E-state index contributed by atoms with van der Waals surface area (Å²) < 4.78 is 6.66. The molecule has 5 nitrogen and oxygen atoms in total. The predicted octanol–water partition coefficient (Wildman–Crippen LogP) is 2.76. The summed E-state index contributed by atoms with van der Waals surface area (Å²) in [7, 11) is 0. The zero-order chi connectivity index (χ0) is 14.4. The molecule has 1 N–H and O–H groups in total. The number of thioether (sulfide) groups is 1. The van der Waals surface area contributed by atoms with Crippen LogP contribution >= 0.6 is 39.0 Å². The van der Waals surface area contributed by atoms with Crippen LogP contribution in [0, 0.1) is 0 Å². The van der Waals surface area contributed by atoms with Gasteiger partial charge in [0.1, 0.15) is 5.82 Å². The number of ether oxygens (including phenoxy) is 1. The van der Waals surface area contributed by atoms with Crippen LogP contribution in [0.5, 0.6) is 0 Å². The van der Waals surface area contributed by atoms with Crippen molar-refractivity contribution < 1.29 is 4.74 Å². The van der Waals surface area contributed by atoms with E-state index in [2.05, 4.69) is 48.9 Å². The maximum atomic E-state index is 5.66. The van der Waals surface area contributed by atoms with Gasteiger partial charge in [0, 0.05) is 11.6 Å². The van der Waals surface area contributed by atoms with Crippen molar-refractivity contribution in [3.8, 4) is 0 Å². The second-order valence-electron chi connectivity index (χ2n) is 5.43. The number of halogens is 1. The average molecular weight is 389 g/mol. The number of fused-ring (bicyclic) bond motifs is 2. The lowest BCUT2D eigenvalue weighted by Gasteiger charge is -2.34. The van der Waals surface area contributed by atoms with E-state index in [1.165, 1.54) is 12.8 Å². The van der Waals surface area contributed by atoms with E-state index in [0.717, 1.165) is 28.8 Å². The molecule has 0 spiro atoms. The highest BCUT2D eigenvalue weighted by molar-refractivity contribution is 9.11. The summed E-state index contributed by atoms with van der Waals surface area (Å²) in [5.41, 5.74) is 0.204. The lowest BCUT2D eigenvalue weighted by Crippen LogP contribution is -2.45. The zero-order valence-electron chi connectivity index (χ0n) is 11.7. The number of anilines is 2. The van der Waals surface area contributed by atoms with Gasteiger partial charge >= 0.3 is 0 Å². The Morgan fingerprint density at radius 1 is 1.43 bits per heavy atom. The highest BCUT2D eigenvalue weighted by Crippen LogP contribution is 2.38. The summed E-state index contributed by atoms with van der Waals surface area (Å²) in [5.74, 6) is 1.02. The lowest BCUT2D eigenvalue weighted by atomic mass is 10.2. The van der Waals surface area contributed by atoms with Gasteiger partial charge in [-0.3, -0.25) is 4.90 Å². The van der Waals surface area contributed by atoms with Crippen LogP contribution in [0.15, 0.2) is 16.2 Å². The Bertz CT molecular complexity index is 550. The van der Waals surface area contributed by atoms with Crippen LogP contribution in [0.2, 0.25) is 0 Å². The average Bonchev–Trinajstić information content (AvgIpc) is 3.15. The Morgan fingerprint density at radius 2 is 2.19 bits per heavy atom. The summed E-state index contributed by atoms with van der Waals surface area (Å²) in [6.45, 7) is 1.69. The number of thiazole rings is 1. The minimum Gasteiger partial charge on any atom is -0.377 e. The van der Waals surface area contributed by atoms with Crippen molar-refractivity contribution in [1.82, 2.24) is 10.3 Å². The Hall–Kier alpha value is -0.440. The monoisotopic (exact) mass is 388 g/mol. The fourth-order valence-electron chi connectivity index (χ4n) is 3.21. The molecule has 4 rings (SSSR count). The molecule has 0 radical (unpaired) electrons. The van der Waals surface area contributed by atoms with Gasteiger partial charge in [-0.15, -0.1) is 23.1 Å². The third kappa shape index (κ3) is 2.46. The summed E-state index contributed by atoms with van der Waals surface area (Å²) >= 11 is 7.01. The first-order valence-electron chi connectivity index (χ1n) is 7.03. The smallest absolute Gasteiger partial charge is 0.188 e. The van der Waals surface area contributed by atoms with Crippen molar-refractivity contribution in [1.29, 1.82) is 0 Å². The van der Waals surface area contributed by atoms with E-state index < -0.39 is 0 Å². The summed E-state index contributed by atoms with van der Waals surface area (Å²) in [6.07, 6.45) is 6.61. The molecule has 3 aliphatic heterocycles. The van der Waals surface area contributed by atoms with E-state index in [4.69, 9.17) is 9.72 Å². The number of hydrogen-bond acceptors (Lipinski definition) is 7. The quantitative estimate of drug-likeness (QED) is 0.802. The molecular formula is C13H17BrN4OS2. The highest BCUT2D eigenvalue weighted by Gasteiger charge is 2.39. The number of morpholine rings is 1. The molecule has 1 unspecified atom stereocenters. The van der Waals surface area contributed by atoms with E-state index in [9.17, 15) is 0 Å². The van der Waals surface area contributed by atoms with Gasteiger partial charge in [-0.1, -0.05) is 0 Å². The van der Waals surface area contributed by atoms with Crippen molar-refractivity contribution >= 4 is 50.0 Å². The molecule has 114 valence electrons. The van der Waals surface area contributed by atoms with Crippen molar-refractivity contribution in [3.05, 3.63) is 16.2 Å². The molecule has 1 aromatic heterocycles. The largest absolute Gasteiger partial charge is 0.377 e. The number of rotatable bonds is 3. The maximum Gasteiger partial charge on any atom is 0.188 e. The van der Waals surface area contributed by atoms with Gasteiger partial charge in [0.15, 0.2) is 10.6 Å². The second-order valence-corrected chi connectivity index (χ2v) is 8.04. The molecule has 21 heavy (non-hydrogen) atoms. The molecular weight excluding hydrogens is 372 g/mol. The second kappa shape index (κ2) is 5.64. The molecule has 2 bridgehead atoms.